The molecule has 19 nitrogen and oxygen atoms in total. The molecule has 0 aliphatic carbocycles. The fraction of sp³-hybridized carbons (Fsp3) is 0.298. The molecule has 5 amide bonds. The number of halogens is 7. The van der Waals surface area contributed by atoms with Gasteiger partial charge in [-0.2, -0.15) is 18.3 Å². The van der Waals surface area contributed by atoms with E-state index in [2.05, 4.69) is 36.3 Å². The normalized spacial score (nSPS) is 21.0. The lowest BCUT2D eigenvalue weighted by Gasteiger charge is -2.43. The van der Waals surface area contributed by atoms with Gasteiger partial charge in [0.05, 0.1) is 24.1 Å². The second kappa shape index (κ2) is 20.4. The smallest absolute Gasteiger partial charge is 0.394 e. The number of nitrogens with one attached hydrogen (secondary N) is 3. The minimum atomic E-state index is -4.92. The molecule has 3 aliphatic heterocycles. The number of carbonyl (C=O) groups is 5. The van der Waals surface area contributed by atoms with E-state index in [0.29, 0.717) is 22.4 Å². The van der Waals surface area contributed by atoms with Crippen LogP contribution in [0.5, 0.6) is 0 Å². The van der Waals surface area contributed by atoms with Gasteiger partial charge in [0.1, 0.15) is 71.3 Å². The van der Waals surface area contributed by atoms with E-state index in [4.69, 9.17) is 32.7 Å². The Morgan fingerprint density at radius 2 is 1.74 bits per heavy atom. The van der Waals surface area contributed by atoms with Crippen LogP contribution in [0, 0.1) is 18.6 Å². The zero-order chi connectivity index (χ0) is 52.0. The number of alkyl halides is 3. The highest BCUT2D eigenvalue weighted by atomic mass is 35.5. The molecule has 26 heteroatoms. The van der Waals surface area contributed by atoms with E-state index in [1.165, 1.54) is 30.2 Å². The van der Waals surface area contributed by atoms with E-state index in [1.807, 2.05) is 0 Å². The van der Waals surface area contributed by atoms with E-state index in [0.717, 1.165) is 39.7 Å². The Bertz CT molecular complexity index is 3150. The van der Waals surface area contributed by atoms with Gasteiger partial charge in [-0.3, -0.25) is 29.3 Å². The van der Waals surface area contributed by atoms with Crippen molar-refractivity contribution in [2.75, 3.05) is 18.5 Å². The molecular weight excluding hydrogens is 1010 g/mol. The highest BCUT2D eigenvalue weighted by Gasteiger charge is 2.51. The van der Waals surface area contributed by atoms with Crippen LogP contribution in [0.2, 0.25) is 10.0 Å². The number of ether oxygens (including phenoxy) is 2. The van der Waals surface area contributed by atoms with Crippen LogP contribution in [-0.4, -0.2) is 112 Å². The van der Waals surface area contributed by atoms with Crippen molar-refractivity contribution in [2.24, 2.45) is 0 Å². The van der Waals surface area contributed by atoms with Gasteiger partial charge in [-0.15, -0.1) is 5.10 Å². The maximum atomic E-state index is 14.5. The second-order valence-electron chi connectivity index (χ2n) is 17.2. The van der Waals surface area contributed by atoms with Crippen LogP contribution in [0.15, 0.2) is 79.0 Å². The number of aryl methyl sites for hydroxylation is 1. The third-order valence-electron chi connectivity index (χ3n) is 12.3. The first kappa shape index (κ1) is 50.7. The van der Waals surface area contributed by atoms with Crippen LogP contribution in [0.4, 0.5) is 27.6 Å². The van der Waals surface area contributed by atoms with Gasteiger partial charge in [-0.1, -0.05) is 40.5 Å². The molecule has 1 unspecified atom stereocenters. The predicted octanol–water partition coefficient (Wildman–Crippen LogP) is 5.19. The topological polar surface area (TPSA) is 245 Å². The molecule has 0 bridgehead atoms. The fourth-order valence-corrected chi connectivity index (χ4v) is 9.09. The van der Waals surface area contributed by atoms with Gasteiger partial charge < -0.3 is 35.2 Å². The number of imide groups is 1. The molecule has 5 heterocycles. The Morgan fingerprint density at radius 1 is 1.00 bits per heavy atom. The number of rotatable bonds is 13. The van der Waals surface area contributed by atoms with E-state index in [9.17, 15) is 56.1 Å². The van der Waals surface area contributed by atoms with Crippen molar-refractivity contribution in [3.05, 3.63) is 140 Å². The van der Waals surface area contributed by atoms with Crippen molar-refractivity contribution in [1.29, 1.82) is 0 Å². The van der Waals surface area contributed by atoms with Crippen LogP contribution in [0.25, 0.3) is 16.9 Å². The van der Waals surface area contributed by atoms with E-state index >= 15 is 0 Å². The lowest BCUT2D eigenvalue weighted by molar-refractivity contribution is -0.223. The van der Waals surface area contributed by atoms with Crippen molar-refractivity contribution in [2.45, 2.75) is 75.5 Å². The number of aromatic nitrogens is 6. The maximum absolute atomic E-state index is 14.5. The number of aliphatic hydroxyl groups excluding tert-OH is 2. The number of amides is 5. The third-order valence-corrected chi connectivity index (χ3v) is 12.9. The predicted molar refractivity (Wildman–Crippen MR) is 245 cm³/mol. The van der Waals surface area contributed by atoms with E-state index < -0.39 is 107 Å². The molecule has 9 rings (SSSR count). The molecule has 3 aliphatic rings. The lowest BCUT2D eigenvalue weighted by Crippen LogP contribution is -2.54. The molecule has 6 atom stereocenters. The summed E-state index contributed by atoms with van der Waals surface area (Å²) in [7, 11) is 0. The van der Waals surface area contributed by atoms with Gasteiger partial charge in [0.2, 0.25) is 17.7 Å². The largest absolute Gasteiger partial charge is 0.418 e. The van der Waals surface area contributed by atoms with Crippen molar-refractivity contribution < 1.29 is 65.6 Å². The van der Waals surface area contributed by atoms with Gasteiger partial charge >= 0.3 is 6.18 Å². The summed E-state index contributed by atoms with van der Waals surface area (Å²) < 4.78 is 86.6. The number of carbonyl (C=O) groups excluding carboxylic acids is 5. The standard InChI is InChI=1S/C47H39Cl2F5N10O9/c1-21-56-43(64(60-21)34-15-26(48)6-9-29(34)47(52,53)54)42-41(39(40(68)35(19-65)73-42)63-18-32(59-61-63)24-13-30(50)38(49)31(51)14-24)72-20-37(67)55-16-22-2-4-23(5-3-22)44(69)57-27-7-8-28-25(12-27)17-62(46(28)71)33-10-11-36(66)58-45(33)70/h2-9,12-15,18,33,35,39-42,65,68H,10-11,16-17,19-20H2,1H3,(H,55,67)(H,57,69)(H,58,66,70)/t33?,35-,39+,40+,41-,42-/m1/s1. The van der Waals surface area contributed by atoms with Gasteiger partial charge in [-0.05, 0) is 85.1 Å². The van der Waals surface area contributed by atoms with E-state index in [1.54, 1.807) is 30.3 Å². The number of hydrogen-bond donors (Lipinski definition) is 5. The average molecular weight is 1050 g/mol. The Kier molecular flexibility index (Phi) is 14.1. The number of piperidine rings is 1. The number of nitrogens with zero attached hydrogens (tertiary/aromatic N) is 7. The molecule has 0 spiro atoms. The summed E-state index contributed by atoms with van der Waals surface area (Å²) in [6.45, 7) is -0.261. The zero-order valence-corrected chi connectivity index (χ0v) is 39.3. The van der Waals surface area contributed by atoms with Crippen molar-refractivity contribution in [1.82, 2.24) is 45.3 Å². The van der Waals surface area contributed by atoms with Crippen molar-refractivity contribution in [3.8, 4) is 16.9 Å². The number of hydrogen-bond acceptors (Lipinski definition) is 13. The van der Waals surface area contributed by atoms with Crippen LogP contribution < -0.4 is 16.0 Å². The fourth-order valence-electron chi connectivity index (χ4n) is 8.82. The summed E-state index contributed by atoms with van der Waals surface area (Å²) >= 11 is 11.9. The molecule has 73 heavy (non-hydrogen) atoms. The Morgan fingerprint density at radius 3 is 2.44 bits per heavy atom. The summed E-state index contributed by atoms with van der Waals surface area (Å²) in [4.78, 5) is 69.8. The molecule has 0 saturated carbocycles. The number of aliphatic hydroxyl groups is 2. The Hall–Kier alpha value is -7.22. The molecule has 2 aromatic heterocycles. The second-order valence-corrected chi connectivity index (χ2v) is 18.0. The van der Waals surface area contributed by atoms with Crippen LogP contribution in [0.1, 0.15) is 74.0 Å². The highest BCUT2D eigenvalue weighted by molar-refractivity contribution is 6.31. The van der Waals surface area contributed by atoms with Gasteiger partial charge in [0.25, 0.3) is 11.8 Å². The van der Waals surface area contributed by atoms with Crippen LogP contribution in [-0.2, 0) is 43.1 Å². The number of anilines is 1. The zero-order valence-electron chi connectivity index (χ0n) is 37.7. The molecule has 5 N–H and O–H groups in total. The molecule has 380 valence electrons. The maximum Gasteiger partial charge on any atom is 0.418 e. The third kappa shape index (κ3) is 10.4. The van der Waals surface area contributed by atoms with Crippen LogP contribution in [0.3, 0.4) is 0 Å². The first-order valence-corrected chi connectivity index (χ1v) is 22.9. The molecular formula is C47H39Cl2F5N10O9. The molecule has 0 radical (unpaired) electrons. The summed E-state index contributed by atoms with van der Waals surface area (Å²) in [5.74, 6) is -5.18. The van der Waals surface area contributed by atoms with Crippen molar-refractivity contribution in [3.63, 3.8) is 0 Å². The minimum Gasteiger partial charge on any atom is -0.394 e. The summed E-state index contributed by atoms with van der Waals surface area (Å²) in [5.41, 5.74) is 0.120. The quantitative estimate of drug-likeness (QED) is 0.0569. The Balaban J connectivity index is 0.925. The first-order valence-electron chi connectivity index (χ1n) is 22.2. The lowest BCUT2D eigenvalue weighted by atomic mass is 9.91. The molecule has 6 aromatic rings. The summed E-state index contributed by atoms with van der Waals surface area (Å²) in [6.07, 6.45) is -9.94. The van der Waals surface area contributed by atoms with Gasteiger partial charge in [-0.25, -0.2) is 23.1 Å². The average Bonchev–Trinajstić information content (AvgIpc) is 4.08. The molecule has 4 aromatic carbocycles. The molecule has 2 saturated heterocycles. The van der Waals surface area contributed by atoms with E-state index in [-0.39, 0.29) is 65.3 Å². The summed E-state index contributed by atoms with van der Waals surface area (Å²) in [6, 6.07) is 13.1. The number of benzene rings is 4. The monoisotopic (exact) mass is 1050 g/mol. The van der Waals surface area contributed by atoms with Gasteiger partial charge in [0.15, 0.2) is 5.82 Å². The van der Waals surface area contributed by atoms with Crippen LogP contribution >= 0.6 is 23.2 Å². The first-order chi connectivity index (χ1) is 34.8. The van der Waals surface area contributed by atoms with Crippen molar-refractivity contribution >= 4 is 58.4 Å². The number of fused-ring (bicyclic) bond motifs is 1. The SMILES string of the molecule is Cc1nc([C@@H]2O[C@H](CO)[C@H](O)[C@H](n3cc(-c4cc(F)c(Cl)c(F)c4)nn3)[C@H]2OCC(=O)NCc2ccc(C(=O)Nc3ccc4c(c3)CN(C3CCC(=O)NC3=O)C4=O)cc2)n(-c2cc(Cl)ccc2C(F)(F)F)n1. The van der Waals surface area contributed by atoms with Gasteiger partial charge in [0, 0.05) is 46.9 Å². The Labute approximate surface area is 419 Å². The minimum absolute atomic E-state index is 0.0502. The highest BCUT2D eigenvalue weighted by Crippen LogP contribution is 2.43. The summed E-state index contributed by atoms with van der Waals surface area (Å²) in [5, 5.41) is 41.3. The molecule has 2 fully saturated rings.